The Balaban J connectivity index is 1.52. The Kier molecular flexibility index (Phi) is 6.49. The number of methoxy groups -OCH3 is 1. The van der Waals surface area contributed by atoms with E-state index in [1.165, 1.54) is 19.2 Å². The molecule has 0 atom stereocenters. The van der Waals surface area contributed by atoms with E-state index in [2.05, 4.69) is 17.4 Å². The second-order valence-corrected chi connectivity index (χ2v) is 7.93. The van der Waals surface area contributed by atoms with Crippen LogP contribution in [0.25, 0.3) is 11.1 Å². The van der Waals surface area contributed by atoms with Gasteiger partial charge in [-0.1, -0.05) is 54.6 Å². The molecule has 8 heteroatoms. The molecule has 0 unspecified atom stereocenters. The van der Waals surface area contributed by atoms with E-state index in [1.807, 2.05) is 36.4 Å². The van der Waals surface area contributed by atoms with Crippen molar-refractivity contribution in [3.05, 3.63) is 82.9 Å². The largest absolute Gasteiger partial charge is 0.488 e. The van der Waals surface area contributed by atoms with Gasteiger partial charge in [-0.25, -0.2) is 4.79 Å². The van der Waals surface area contributed by atoms with Crippen LogP contribution in [0.1, 0.15) is 28.2 Å². The van der Waals surface area contributed by atoms with Gasteiger partial charge in [0.15, 0.2) is 0 Å². The lowest BCUT2D eigenvalue weighted by Gasteiger charge is -2.17. The minimum absolute atomic E-state index is 0.0672. The summed E-state index contributed by atoms with van der Waals surface area (Å²) in [6.07, 6.45) is -0.740. The third-order valence-corrected chi connectivity index (χ3v) is 5.98. The molecule has 3 aromatic rings. The highest BCUT2D eigenvalue weighted by Gasteiger charge is 2.29. The van der Waals surface area contributed by atoms with Crippen molar-refractivity contribution < 1.29 is 29.1 Å². The highest BCUT2D eigenvalue weighted by atomic mass is 16.5. The number of hydrogen-bond acceptors (Lipinski definition) is 6. The number of esters is 1. The molecule has 0 radical (unpaired) electrons. The minimum Gasteiger partial charge on any atom is -0.469 e. The van der Waals surface area contributed by atoms with Crippen LogP contribution in [0.4, 0.5) is 10.5 Å². The van der Waals surface area contributed by atoms with Gasteiger partial charge in [0.2, 0.25) is 0 Å². The van der Waals surface area contributed by atoms with Crippen molar-refractivity contribution in [1.29, 1.82) is 0 Å². The predicted molar refractivity (Wildman–Crippen MR) is 125 cm³/mol. The van der Waals surface area contributed by atoms with Crippen molar-refractivity contribution in [2.24, 2.45) is 0 Å². The molecular formula is C25H24BNO6. The van der Waals surface area contributed by atoms with Gasteiger partial charge in [0.25, 0.3) is 0 Å². The van der Waals surface area contributed by atoms with Crippen molar-refractivity contribution in [2.75, 3.05) is 19.0 Å². The van der Waals surface area contributed by atoms with Crippen molar-refractivity contribution in [2.45, 2.75) is 19.3 Å². The molecule has 4 rings (SSSR count). The number of fused-ring (bicyclic) bond motifs is 3. The lowest BCUT2D eigenvalue weighted by atomic mass is 9.78. The smallest absolute Gasteiger partial charge is 0.469 e. The molecule has 1 aliphatic rings. The van der Waals surface area contributed by atoms with E-state index in [0.29, 0.717) is 16.8 Å². The van der Waals surface area contributed by atoms with E-state index in [9.17, 15) is 19.6 Å². The van der Waals surface area contributed by atoms with Crippen LogP contribution in [0.3, 0.4) is 0 Å². The number of rotatable bonds is 6. The summed E-state index contributed by atoms with van der Waals surface area (Å²) in [7, 11) is -0.483. The summed E-state index contributed by atoms with van der Waals surface area (Å²) < 4.78 is 10.3. The van der Waals surface area contributed by atoms with Crippen molar-refractivity contribution in [1.82, 2.24) is 0 Å². The number of ether oxygens (including phenoxy) is 2. The zero-order valence-corrected chi connectivity index (χ0v) is 18.4. The van der Waals surface area contributed by atoms with E-state index in [-0.39, 0.29) is 24.4 Å². The van der Waals surface area contributed by atoms with Crippen molar-refractivity contribution >= 4 is 30.3 Å². The van der Waals surface area contributed by atoms with E-state index in [1.54, 1.807) is 6.92 Å². The van der Waals surface area contributed by atoms with Gasteiger partial charge in [0, 0.05) is 11.6 Å². The fraction of sp³-hybridized carbons (Fsp3) is 0.200. The summed E-state index contributed by atoms with van der Waals surface area (Å²) >= 11 is 0. The van der Waals surface area contributed by atoms with E-state index in [4.69, 9.17) is 9.47 Å². The topological polar surface area (TPSA) is 105 Å². The maximum Gasteiger partial charge on any atom is 0.488 e. The molecule has 0 bridgehead atoms. The van der Waals surface area contributed by atoms with Gasteiger partial charge in [-0.05, 0) is 51.8 Å². The lowest BCUT2D eigenvalue weighted by Crippen LogP contribution is -2.31. The Morgan fingerprint density at radius 2 is 1.61 bits per heavy atom. The van der Waals surface area contributed by atoms with Gasteiger partial charge in [-0.15, -0.1) is 0 Å². The molecule has 0 spiro atoms. The molecule has 3 aromatic carbocycles. The number of nitrogens with one attached hydrogen (secondary N) is 1. The molecule has 1 amide bonds. The summed E-state index contributed by atoms with van der Waals surface area (Å²) in [6.45, 7) is 1.88. The van der Waals surface area contributed by atoms with Gasteiger partial charge in [0.1, 0.15) is 6.61 Å². The van der Waals surface area contributed by atoms with Gasteiger partial charge < -0.3 is 19.5 Å². The molecule has 0 saturated heterocycles. The number of carbonyl (C=O) groups is 2. The number of benzene rings is 3. The summed E-state index contributed by atoms with van der Waals surface area (Å²) in [5, 5.41) is 21.9. The third-order valence-electron chi connectivity index (χ3n) is 5.98. The molecule has 1 aliphatic carbocycles. The average Bonchev–Trinajstić information content (AvgIpc) is 3.13. The van der Waals surface area contributed by atoms with Crippen LogP contribution < -0.4 is 10.8 Å². The molecule has 33 heavy (non-hydrogen) atoms. The maximum atomic E-state index is 12.7. The third kappa shape index (κ3) is 4.62. The fourth-order valence-electron chi connectivity index (χ4n) is 4.23. The van der Waals surface area contributed by atoms with Crippen molar-refractivity contribution in [3.8, 4) is 11.1 Å². The molecule has 168 valence electrons. The highest BCUT2D eigenvalue weighted by Crippen LogP contribution is 2.44. The first-order chi connectivity index (χ1) is 15.9. The predicted octanol–water partition coefficient (Wildman–Crippen LogP) is 2.75. The molecule has 0 aliphatic heterocycles. The Morgan fingerprint density at radius 1 is 1.00 bits per heavy atom. The Bertz CT molecular complexity index is 1160. The first kappa shape index (κ1) is 22.6. The molecule has 3 N–H and O–H groups in total. The molecule has 0 heterocycles. The van der Waals surface area contributed by atoms with E-state index < -0.39 is 19.2 Å². The molecule has 0 aromatic heterocycles. The lowest BCUT2D eigenvalue weighted by molar-refractivity contribution is -0.139. The average molecular weight is 445 g/mol. The van der Waals surface area contributed by atoms with Gasteiger partial charge in [0.05, 0.1) is 13.5 Å². The van der Waals surface area contributed by atoms with Gasteiger partial charge in [-0.3, -0.25) is 10.1 Å². The van der Waals surface area contributed by atoms with Crippen LogP contribution >= 0.6 is 0 Å². The monoisotopic (exact) mass is 445 g/mol. The van der Waals surface area contributed by atoms with Gasteiger partial charge >= 0.3 is 19.2 Å². The van der Waals surface area contributed by atoms with Crippen LogP contribution in [-0.4, -0.2) is 42.9 Å². The van der Waals surface area contributed by atoms with Crippen molar-refractivity contribution in [3.63, 3.8) is 0 Å². The van der Waals surface area contributed by atoms with Crippen LogP contribution in [0.2, 0.25) is 0 Å². The summed E-state index contributed by atoms with van der Waals surface area (Å²) in [6, 6.07) is 19.1. The summed E-state index contributed by atoms with van der Waals surface area (Å²) in [5.41, 5.74) is 6.08. The first-order valence-corrected chi connectivity index (χ1v) is 10.6. The molecular weight excluding hydrogens is 421 g/mol. The Hall–Kier alpha value is -3.62. The number of hydrogen-bond donors (Lipinski definition) is 3. The number of anilines is 1. The fourth-order valence-corrected chi connectivity index (χ4v) is 4.23. The second-order valence-electron chi connectivity index (χ2n) is 7.93. The molecule has 0 fully saturated rings. The minimum atomic E-state index is -1.76. The Morgan fingerprint density at radius 3 is 2.18 bits per heavy atom. The standard InChI is InChI=1S/C25H24BNO6/c1-15-16(12-24(28)32-2)11-17(26(30)31)13-23(15)27-25(29)33-14-22-20-9-5-3-7-18(20)19-8-4-6-10-21(19)22/h3-11,13,22,30-31H,12,14H2,1-2H3,(H,27,29). The van der Waals surface area contributed by atoms with Gasteiger partial charge in [-0.2, -0.15) is 0 Å². The zero-order valence-electron chi connectivity index (χ0n) is 18.4. The summed E-state index contributed by atoms with van der Waals surface area (Å²) in [4.78, 5) is 24.4. The van der Waals surface area contributed by atoms with Crippen LogP contribution in [0, 0.1) is 6.92 Å². The number of amides is 1. The first-order valence-electron chi connectivity index (χ1n) is 10.6. The summed E-state index contributed by atoms with van der Waals surface area (Å²) in [5.74, 6) is -0.556. The van der Waals surface area contributed by atoms with Crippen LogP contribution in [0.15, 0.2) is 60.7 Å². The second kappa shape index (κ2) is 9.48. The van der Waals surface area contributed by atoms with E-state index >= 15 is 0 Å². The van der Waals surface area contributed by atoms with Crippen LogP contribution in [-0.2, 0) is 20.7 Å². The highest BCUT2D eigenvalue weighted by molar-refractivity contribution is 6.58. The number of carbonyl (C=O) groups excluding carboxylic acids is 2. The zero-order chi connectivity index (χ0) is 23.5. The molecule has 0 saturated carbocycles. The van der Waals surface area contributed by atoms with Crippen LogP contribution in [0.5, 0.6) is 0 Å². The Labute approximate surface area is 192 Å². The van der Waals surface area contributed by atoms with E-state index in [0.717, 1.165) is 22.3 Å². The normalized spacial score (nSPS) is 12.0. The quantitative estimate of drug-likeness (QED) is 0.398. The maximum absolute atomic E-state index is 12.7. The SMILES string of the molecule is COC(=O)Cc1cc(B(O)O)cc(NC(=O)OCC2c3ccccc3-c3ccccc32)c1C. The molecule has 7 nitrogen and oxygen atoms in total.